The molecule has 3 rings (SSSR count). The highest BCUT2D eigenvalue weighted by molar-refractivity contribution is 5.82. The van der Waals surface area contributed by atoms with Crippen molar-refractivity contribution >= 4 is 5.91 Å². The lowest BCUT2D eigenvalue weighted by Gasteiger charge is -2.42. The van der Waals surface area contributed by atoms with Crippen LogP contribution in [0.25, 0.3) is 0 Å². The van der Waals surface area contributed by atoms with Gasteiger partial charge >= 0.3 is 0 Å². The molecular formula is C13H21NO2. The molecule has 2 unspecified atom stereocenters. The maximum absolute atomic E-state index is 12.0. The molecule has 1 spiro atoms. The van der Waals surface area contributed by atoms with Gasteiger partial charge in [0.1, 0.15) is 0 Å². The van der Waals surface area contributed by atoms with E-state index in [1.165, 1.54) is 12.8 Å². The first-order valence-electron chi connectivity index (χ1n) is 6.47. The predicted molar refractivity (Wildman–Crippen MR) is 60.9 cm³/mol. The summed E-state index contributed by atoms with van der Waals surface area (Å²) in [6.07, 6.45) is 4.59. The monoisotopic (exact) mass is 223 g/mol. The zero-order valence-corrected chi connectivity index (χ0v) is 10.2. The van der Waals surface area contributed by atoms with Gasteiger partial charge in [-0.05, 0) is 37.0 Å². The highest BCUT2D eigenvalue weighted by Crippen LogP contribution is 2.60. The number of carbonyl (C=O) groups is 1. The molecule has 0 bridgehead atoms. The van der Waals surface area contributed by atoms with E-state index in [1.54, 1.807) is 0 Å². The fraction of sp³-hybridized carbons (Fsp3) is 0.923. The van der Waals surface area contributed by atoms with Gasteiger partial charge in [0.15, 0.2) is 0 Å². The predicted octanol–water partition coefficient (Wildman–Crippen LogP) is 1.72. The van der Waals surface area contributed by atoms with Gasteiger partial charge in [-0.1, -0.05) is 13.8 Å². The SMILES string of the molecule is CC1C(=O)NC2(CCOCC2)C1C1(C)CC1. The lowest BCUT2D eigenvalue weighted by molar-refractivity contribution is -0.123. The van der Waals surface area contributed by atoms with Crippen molar-refractivity contribution in [2.45, 2.75) is 45.1 Å². The Morgan fingerprint density at radius 3 is 2.44 bits per heavy atom. The first kappa shape index (κ1) is 10.6. The molecule has 3 aliphatic rings. The van der Waals surface area contributed by atoms with Gasteiger partial charge in [0.25, 0.3) is 0 Å². The van der Waals surface area contributed by atoms with E-state index in [4.69, 9.17) is 4.74 Å². The van der Waals surface area contributed by atoms with Crippen LogP contribution in [0.1, 0.15) is 39.5 Å². The summed E-state index contributed by atoms with van der Waals surface area (Å²) in [5.41, 5.74) is 0.468. The van der Waals surface area contributed by atoms with Crippen LogP contribution < -0.4 is 5.32 Å². The van der Waals surface area contributed by atoms with Crippen molar-refractivity contribution in [3.8, 4) is 0 Å². The van der Waals surface area contributed by atoms with E-state index in [9.17, 15) is 4.79 Å². The number of hydrogen-bond acceptors (Lipinski definition) is 2. The molecule has 16 heavy (non-hydrogen) atoms. The van der Waals surface area contributed by atoms with Gasteiger partial charge in [-0.3, -0.25) is 4.79 Å². The average molecular weight is 223 g/mol. The topological polar surface area (TPSA) is 38.3 Å². The maximum atomic E-state index is 12.0. The van der Waals surface area contributed by atoms with E-state index in [0.29, 0.717) is 11.3 Å². The second-order valence-electron chi connectivity index (χ2n) is 6.18. The molecule has 2 saturated heterocycles. The van der Waals surface area contributed by atoms with Crippen molar-refractivity contribution < 1.29 is 9.53 Å². The van der Waals surface area contributed by atoms with Crippen LogP contribution in [0.2, 0.25) is 0 Å². The largest absolute Gasteiger partial charge is 0.381 e. The summed E-state index contributed by atoms with van der Waals surface area (Å²) in [5, 5.41) is 3.30. The Morgan fingerprint density at radius 2 is 1.88 bits per heavy atom. The summed E-state index contributed by atoms with van der Waals surface area (Å²) in [7, 11) is 0. The molecule has 0 aromatic carbocycles. The molecule has 3 nitrogen and oxygen atoms in total. The number of carbonyl (C=O) groups excluding carboxylic acids is 1. The summed E-state index contributed by atoms with van der Waals surface area (Å²) in [4.78, 5) is 12.0. The Bertz CT molecular complexity index is 316. The van der Waals surface area contributed by atoms with Gasteiger partial charge in [-0.15, -0.1) is 0 Å². The Morgan fingerprint density at radius 1 is 1.25 bits per heavy atom. The molecule has 1 amide bonds. The molecule has 0 aromatic rings. The second kappa shape index (κ2) is 3.22. The van der Waals surface area contributed by atoms with Crippen LogP contribution in [0, 0.1) is 17.3 Å². The van der Waals surface area contributed by atoms with Crippen LogP contribution in [0.3, 0.4) is 0 Å². The lowest BCUT2D eigenvalue weighted by Crippen LogP contribution is -2.52. The fourth-order valence-corrected chi connectivity index (χ4v) is 4.02. The molecule has 1 saturated carbocycles. The van der Waals surface area contributed by atoms with Crippen molar-refractivity contribution in [3.05, 3.63) is 0 Å². The third-order valence-electron chi connectivity index (χ3n) is 5.06. The van der Waals surface area contributed by atoms with E-state index in [2.05, 4.69) is 19.2 Å². The van der Waals surface area contributed by atoms with E-state index in [-0.39, 0.29) is 17.4 Å². The lowest BCUT2D eigenvalue weighted by atomic mass is 9.68. The molecule has 3 fully saturated rings. The molecule has 0 aromatic heterocycles. The zero-order valence-electron chi connectivity index (χ0n) is 10.2. The third kappa shape index (κ3) is 1.33. The Hall–Kier alpha value is -0.570. The van der Waals surface area contributed by atoms with E-state index in [0.717, 1.165) is 26.1 Å². The molecule has 2 atom stereocenters. The van der Waals surface area contributed by atoms with Gasteiger partial charge in [-0.25, -0.2) is 0 Å². The second-order valence-corrected chi connectivity index (χ2v) is 6.18. The number of nitrogens with one attached hydrogen (secondary N) is 1. The summed E-state index contributed by atoms with van der Waals surface area (Å²) < 4.78 is 5.46. The molecule has 2 aliphatic heterocycles. The van der Waals surface area contributed by atoms with Gasteiger partial charge in [0.05, 0.1) is 0 Å². The van der Waals surface area contributed by atoms with Crippen LogP contribution in [0.5, 0.6) is 0 Å². The number of ether oxygens (including phenoxy) is 1. The molecule has 1 aliphatic carbocycles. The maximum Gasteiger partial charge on any atom is 0.223 e. The zero-order chi connectivity index (χ0) is 11.4. The highest BCUT2D eigenvalue weighted by Gasteiger charge is 2.61. The van der Waals surface area contributed by atoms with Crippen molar-refractivity contribution in [2.75, 3.05) is 13.2 Å². The molecule has 0 radical (unpaired) electrons. The third-order valence-corrected chi connectivity index (χ3v) is 5.06. The van der Waals surface area contributed by atoms with Crippen molar-refractivity contribution in [2.24, 2.45) is 17.3 Å². The summed E-state index contributed by atoms with van der Waals surface area (Å²) in [6, 6.07) is 0. The minimum absolute atomic E-state index is 0.0556. The van der Waals surface area contributed by atoms with E-state index >= 15 is 0 Å². The van der Waals surface area contributed by atoms with E-state index in [1.807, 2.05) is 0 Å². The number of hydrogen-bond donors (Lipinski definition) is 1. The molecule has 1 N–H and O–H groups in total. The summed E-state index contributed by atoms with van der Waals surface area (Å²) >= 11 is 0. The summed E-state index contributed by atoms with van der Waals surface area (Å²) in [6.45, 7) is 6.07. The minimum atomic E-state index is 0.0556. The highest BCUT2D eigenvalue weighted by atomic mass is 16.5. The van der Waals surface area contributed by atoms with Crippen molar-refractivity contribution in [1.29, 1.82) is 0 Å². The van der Waals surface area contributed by atoms with Crippen LogP contribution in [-0.2, 0) is 9.53 Å². The Balaban J connectivity index is 1.93. The molecule has 90 valence electrons. The summed E-state index contributed by atoms with van der Waals surface area (Å²) in [5.74, 6) is 0.974. The average Bonchev–Trinajstić information content (AvgIpc) is 2.92. The Kier molecular flexibility index (Phi) is 2.13. The molecular weight excluding hydrogens is 202 g/mol. The van der Waals surface area contributed by atoms with Crippen molar-refractivity contribution in [1.82, 2.24) is 5.32 Å². The normalized spacial score (nSPS) is 39.8. The van der Waals surface area contributed by atoms with Crippen LogP contribution in [0.4, 0.5) is 0 Å². The smallest absolute Gasteiger partial charge is 0.223 e. The van der Waals surface area contributed by atoms with Crippen LogP contribution >= 0.6 is 0 Å². The fourth-order valence-electron chi connectivity index (χ4n) is 4.02. The van der Waals surface area contributed by atoms with Gasteiger partial charge in [0, 0.05) is 24.7 Å². The standard InChI is InChI=1S/C13H21NO2/c1-9-10(12(2)3-4-12)13(14-11(9)15)5-7-16-8-6-13/h9-10H,3-8H2,1-2H3,(H,14,15). The Labute approximate surface area is 96.9 Å². The van der Waals surface area contributed by atoms with Crippen LogP contribution in [0.15, 0.2) is 0 Å². The minimum Gasteiger partial charge on any atom is -0.381 e. The number of rotatable bonds is 1. The van der Waals surface area contributed by atoms with Crippen molar-refractivity contribution in [3.63, 3.8) is 0 Å². The number of amides is 1. The van der Waals surface area contributed by atoms with E-state index < -0.39 is 0 Å². The molecule has 3 heteroatoms. The van der Waals surface area contributed by atoms with Gasteiger partial charge < -0.3 is 10.1 Å². The first-order chi connectivity index (χ1) is 7.57. The molecule has 2 heterocycles. The van der Waals surface area contributed by atoms with Gasteiger partial charge in [0.2, 0.25) is 5.91 Å². The first-order valence-corrected chi connectivity index (χ1v) is 6.47. The van der Waals surface area contributed by atoms with Gasteiger partial charge in [-0.2, -0.15) is 0 Å². The van der Waals surface area contributed by atoms with Crippen LogP contribution in [-0.4, -0.2) is 24.7 Å². The quantitative estimate of drug-likeness (QED) is 0.735.